The number of hydrogen-bond acceptors (Lipinski definition) is 6. The molecule has 4 N–H and O–H groups in total. The molecule has 0 aliphatic rings. The zero-order valence-electron chi connectivity index (χ0n) is 16.8. The standard InChI is InChI=1S/C21H23Cl2N5O3/c1-2-15(10-29)26-20-7-19(16(23)8-24-20)28-9-17(25-12-28)21(31)27-18(11-30)13-4-3-5-14(22)6-13/h3-9,12,15,18,29-30H,2,10-11H2,1H3,(H,24,26)(H,27,31)/t15-,18?/m1/s1. The first-order valence-corrected chi connectivity index (χ1v) is 10.4. The number of benzene rings is 1. The summed E-state index contributed by atoms with van der Waals surface area (Å²) >= 11 is 12.3. The molecule has 0 fully saturated rings. The van der Waals surface area contributed by atoms with Crippen LogP contribution in [-0.2, 0) is 0 Å². The Balaban J connectivity index is 1.78. The number of aromatic nitrogens is 3. The molecular formula is C21H23Cl2N5O3. The van der Waals surface area contributed by atoms with Gasteiger partial charge >= 0.3 is 0 Å². The highest BCUT2D eigenvalue weighted by Crippen LogP contribution is 2.23. The molecule has 0 saturated heterocycles. The first-order valence-electron chi connectivity index (χ1n) is 9.69. The predicted octanol–water partition coefficient (Wildman–Crippen LogP) is 3.22. The first kappa shape index (κ1) is 23.0. The zero-order chi connectivity index (χ0) is 22.4. The summed E-state index contributed by atoms with van der Waals surface area (Å²) < 4.78 is 1.61. The van der Waals surface area contributed by atoms with E-state index in [4.69, 9.17) is 23.2 Å². The van der Waals surface area contributed by atoms with E-state index >= 15 is 0 Å². The molecule has 0 saturated carbocycles. The Kier molecular flexibility index (Phi) is 7.86. The molecular weight excluding hydrogens is 441 g/mol. The molecule has 1 aromatic carbocycles. The van der Waals surface area contributed by atoms with Crippen molar-refractivity contribution in [2.75, 3.05) is 18.5 Å². The Hall–Kier alpha value is -2.65. The third-order valence-electron chi connectivity index (χ3n) is 4.73. The Morgan fingerprint density at radius 1 is 1.19 bits per heavy atom. The van der Waals surface area contributed by atoms with E-state index in [9.17, 15) is 15.0 Å². The molecule has 0 aliphatic carbocycles. The highest BCUT2D eigenvalue weighted by molar-refractivity contribution is 6.32. The Morgan fingerprint density at radius 2 is 2.00 bits per heavy atom. The van der Waals surface area contributed by atoms with Crippen LogP contribution in [0.2, 0.25) is 10.0 Å². The van der Waals surface area contributed by atoms with Gasteiger partial charge in [0.05, 0.1) is 42.2 Å². The summed E-state index contributed by atoms with van der Waals surface area (Å²) in [5.41, 5.74) is 1.42. The molecule has 0 radical (unpaired) electrons. The summed E-state index contributed by atoms with van der Waals surface area (Å²) in [6.07, 6.45) is 5.22. The van der Waals surface area contributed by atoms with Crippen LogP contribution in [0.4, 0.5) is 5.82 Å². The molecule has 0 spiro atoms. The number of nitrogens with zero attached hydrogens (tertiary/aromatic N) is 3. The highest BCUT2D eigenvalue weighted by atomic mass is 35.5. The van der Waals surface area contributed by atoms with Crippen molar-refractivity contribution in [3.8, 4) is 5.69 Å². The number of rotatable bonds is 9. The maximum absolute atomic E-state index is 12.7. The van der Waals surface area contributed by atoms with Crippen LogP contribution in [0.15, 0.2) is 49.1 Å². The van der Waals surface area contributed by atoms with Crippen molar-refractivity contribution in [1.82, 2.24) is 19.9 Å². The number of aliphatic hydroxyl groups excluding tert-OH is 2. The van der Waals surface area contributed by atoms with Crippen molar-refractivity contribution in [2.45, 2.75) is 25.4 Å². The van der Waals surface area contributed by atoms with E-state index in [1.807, 2.05) is 6.92 Å². The fourth-order valence-electron chi connectivity index (χ4n) is 2.95. The average Bonchev–Trinajstić information content (AvgIpc) is 3.27. The van der Waals surface area contributed by atoms with Gasteiger partial charge in [-0.05, 0) is 24.1 Å². The second-order valence-corrected chi connectivity index (χ2v) is 7.73. The molecule has 2 atom stereocenters. The van der Waals surface area contributed by atoms with E-state index in [1.165, 1.54) is 18.7 Å². The van der Waals surface area contributed by atoms with Crippen LogP contribution in [0.25, 0.3) is 5.69 Å². The van der Waals surface area contributed by atoms with Crippen LogP contribution in [0.3, 0.4) is 0 Å². The first-order chi connectivity index (χ1) is 14.9. The van der Waals surface area contributed by atoms with Gasteiger partial charge in [-0.1, -0.05) is 42.3 Å². The molecule has 164 valence electrons. The summed E-state index contributed by atoms with van der Waals surface area (Å²) in [6.45, 7) is 1.64. The van der Waals surface area contributed by atoms with Crippen LogP contribution in [0, 0.1) is 0 Å². The summed E-state index contributed by atoms with van der Waals surface area (Å²) in [4.78, 5) is 21.1. The average molecular weight is 464 g/mol. The van der Waals surface area contributed by atoms with Crippen molar-refractivity contribution < 1.29 is 15.0 Å². The summed E-state index contributed by atoms with van der Waals surface area (Å²) in [5.74, 6) is 0.0916. The minimum Gasteiger partial charge on any atom is -0.394 e. The molecule has 1 unspecified atom stereocenters. The number of amides is 1. The van der Waals surface area contributed by atoms with Gasteiger partial charge < -0.3 is 25.4 Å². The number of anilines is 1. The topological polar surface area (TPSA) is 112 Å². The van der Waals surface area contributed by atoms with Crippen molar-refractivity contribution in [1.29, 1.82) is 0 Å². The summed E-state index contributed by atoms with van der Waals surface area (Å²) in [6, 6.07) is 7.88. The molecule has 2 heterocycles. The monoisotopic (exact) mass is 463 g/mol. The van der Waals surface area contributed by atoms with Gasteiger partial charge in [-0.2, -0.15) is 0 Å². The Labute approximate surface area is 189 Å². The fraction of sp³-hybridized carbons (Fsp3) is 0.286. The van der Waals surface area contributed by atoms with Crippen molar-refractivity contribution in [3.05, 3.63) is 70.4 Å². The van der Waals surface area contributed by atoms with Crippen molar-refractivity contribution in [3.63, 3.8) is 0 Å². The number of halogens is 2. The largest absolute Gasteiger partial charge is 0.394 e. The Morgan fingerprint density at radius 3 is 2.68 bits per heavy atom. The SMILES string of the molecule is CC[C@H](CO)Nc1cc(-n2cnc(C(=O)NC(CO)c3cccc(Cl)c3)c2)c(Cl)cn1. The van der Waals surface area contributed by atoms with Gasteiger partial charge in [0.1, 0.15) is 17.8 Å². The smallest absolute Gasteiger partial charge is 0.272 e. The number of carbonyl (C=O) groups excluding carboxylic acids is 1. The van der Waals surface area contributed by atoms with Crippen LogP contribution < -0.4 is 10.6 Å². The molecule has 31 heavy (non-hydrogen) atoms. The fourth-order valence-corrected chi connectivity index (χ4v) is 3.35. The normalized spacial score (nSPS) is 12.9. The van der Waals surface area contributed by atoms with Crippen LogP contribution >= 0.6 is 23.2 Å². The molecule has 0 aliphatic heterocycles. The minimum absolute atomic E-state index is 0.0236. The number of hydrogen-bond donors (Lipinski definition) is 4. The Bertz CT molecular complexity index is 1040. The van der Waals surface area contributed by atoms with E-state index in [0.717, 1.165) is 6.42 Å². The second kappa shape index (κ2) is 10.6. The molecule has 2 aromatic heterocycles. The lowest BCUT2D eigenvalue weighted by Gasteiger charge is -2.16. The van der Waals surface area contributed by atoms with Gasteiger partial charge in [-0.15, -0.1) is 0 Å². The van der Waals surface area contributed by atoms with Gasteiger partial charge in [0.25, 0.3) is 5.91 Å². The lowest BCUT2D eigenvalue weighted by atomic mass is 10.1. The third-order valence-corrected chi connectivity index (χ3v) is 5.26. The number of carbonyl (C=O) groups is 1. The van der Waals surface area contributed by atoms with Gasteiger partial charge in [0.2, 0.25) is 0 Å². The van der Waals surface area contributed by atoms with E-state index in [0.29, 0.717) is 27.1 Å². The maximum atomic E-state index is 12.7. The van der Waals surface area contributed by atoms with Crippen molar-refractivity contribution in [2.24, 2.45) is 0 Å². The zero-order valence-corrected chi connectivity index (χ0v) is 18.3. The second-order valence-electron chi connectivity index (χ2n) is 6.88. The molecule has 8 nitrogen and oxygen atoms in total. The highest BCUT2D eigenvalue weighted by Gasteiger charge is 2.18. The molecule has 1 amide bonds. The summed E-state index contributed by atoms with van der Waals surface area (Å²) in [5, 5.41) is 25.8. The van der Waals surface area contributed by atoms with Crippen LogP contribution in [0.1, 0.15) is 35.4 Å². The number of imidazole rings is 1. The maximum Gasteiger partial charge on any atom is 0.272 e. The third kappa shape index (κ3) is 5.74. The van der Waals surface area contributed by atoms with Gasteiger partial charge in [0, 0.05) is 17.3 Å². The summed E-state index contributed by atoms with van der Waals surface area (Å²) in [7, 11) is 0. The molecule has 3 aromatic rings. The van der Waals surface area contributed by atoms with E-state index in [2.05, 4.69) is 20.6 Å². The lowest BCUT2D eigenvalue weighted by Crippen LogP contribution is -2.31. The number of pyridine rings is 1. The number of nitrogens with one attached hydrogen (secondary N) is 2. The number of aliphatic hydroxyl groups is 2. The molecule has 10 heteroatoms. The quantitative estimate of drug-likeness (QED) is 0.387. The van der Waals surface area contributed by atoms with Crippen LogP contribution in [-0.4, -0.2) is 49.9 Å². The molecule has 0 bridgehead atoms. The van der Waals surface area contributed by atoms with Crippen LogP contribution in [0.5, 0.6) is 0 Å². The molecule has 3 rings (SSSR count). The van der Waals surface area contributed by atoms with E-state index in [-0.39, 0.29) is 24.9 Å². The van der Waals surface area contributed by atoms with Gasteiger partial charge in [0.15, 0.2) is 0 Å². The van der Waals surface area contributed by atoms with E-state index < -0.39 is 11.9 Å². The van der Waals surface area contributed by atoms with Gasteiger partial charge in [-0.3, -0.25) is 4.79 Å². The van der Waals surface area contributed by atoms with Gasteiger partial charge in [-0.25, -0.2) is 9.97 Å². The van der Waals surface area contributed by atoms with Crippen molar-refractivity contribution >= 4 is 34.9 Å². The van der Waals surface area contributed by atoms with E-state index in [1.54, 1.807) is 34.9 Å². The minimum atomic E-state index is -0.624. The lowest BCUT2D eigenvalue weighted by molar-refractivity contribution is 0.0911. The predicted molar refractivity (Wildman–Crippen MR) is 120 cm³/mol.